The summed E-state index contributed by atoms with van der Waals surface area (Å²) in [6.07, 6.45) is 3.35. The number of benzene rings is 1. The topological polar surface area (TPSA) is 61.2 Å². The van der Waals surface area contributed by atoms with Gasteiger partial charge in [-0.15, -0.1) is 0 Å². The molecule has 0 amide bonds. The van der Waals surface area contributed by atoms with Crippen LogP contribution in [0.4, 0.5) is 0 Å². The van der Waals surface area contributed by atoms with Gasteiger partial charge >= 0.3 is 5.97 Å². The van der Waals surface area contributed by atoms with Crippen LogP contribution >= 0.6 is 0 Å². The normalized spacial score (nSPS) is 11.0. The molecule has 2 heterocycles. The smallest absolute Gasteiger partial charge is 0.343 e. The van der Waals surface area contributed by atoms with E-state index in [1.165, 1.54) is 0 Å². The molecule has 28 heavy (non-hydrogen) atoms. The summed E-state index contributed by atoms with van der Waals surface area (Å²) in [5.41, 5.74) is 4.84. The highest BCUT2D eigenvalue weighted by Crippen LogP contribution is 2.25. The van der Waals surface area contributed by atoms with Crippen LogP contribution in [0.3, 0.4) is 0 Å². The van der Waals surface area contributed by atoms with Gasteiger partial charge in [0.25, 0.3) is 0 Å². The molecule has 2 aromatic heterocycles. The number of esters is 1. The van der Waals surface area contributed by atoms with E-state index in [4.69, 9.17) is 4.74 Å². The van der Waals surface area contributed by atoms with Crippen LogP contribution in [-0.4, -0.2) is 22.1 Å². The first kappa shape index (κ1) is 19.8. The van der Waals surface area contributed by atoms with E-state index < -0.39 is 5.97 Å². The number of rotatable bonds is 6. The van der Waals surface area contributed by atoms with Crippen LogP contribution in [-0.2, 0) is 24.1 Å². The number of hydrogen-bond donors (Lipinski definition) is 0. The van der Waals surface area contributed by atoms with Gasteiger partial charge in [-0.3, -0.25) is 9.78 Å². The van der Waals surface area contributed by atoms with Gasteiger partial charge in [0, 0.05) is 29.5 Å². The Morgan fingerprint density at radius 1 is 1.00 bits per heavy atom. The molecule has 5 heteroatoms. The Morgan fingerprint density at radius 2 is 1.68 bits per heavy atom. The molecule has 3 aromatic rings. The fourth-order valence-electron chi connectivity index (χ4n) is 3.36. The standard InChI is InChI=1S/C23H26N2O3/c1-5-17-11-16(12-18(6-2)24-17)15-9-10-19-21(13-15)25(7-3)14-20(22(19)26)23(27)28-8-4/h9-14H,5-8H2,1-4H3. The van der Waals surface area contributed by atoms with E-state index >= 15 is 0 Å². The summed E-state index contributed by atoms with van der Waals surface area (Å²) in [6, 6.07) is 9.96. The molecule has 0 saturated heterocycles. The maximum absolute atomic E-state index is 12.8. The molecular formula is C23H26N2O3. The van der Waals surface area contributed by atoms with Crippen molar-refractivity contribution >= 4 is 16.9 Å². The highest BCUT2D eigenvalue weighted by Gasteiger charge is 2.17. The highest BCUT2D eigenvalue weighted by atomic mass is 16.5. The second kappa shape index (κ2) is 8.38. The highest BCUT2D eigenvalue weighted by molar-refractivity contribution is 5.94. The van der Waals surface area contributed by atoms with E-state index in [0.717, 1.165) is 40.9 Å². The predicted molar refractivity (Wildman–Crippen MR) is 112 cm³/mol. The molecule has 0 atom stereocenters. The molecular weight excluding hydrogens is 352 g/mol. The van der Waals surface area contributed by atoms with E-state index in [1.807, 2.05) is 23.6 Å². The minimum Gasteiger partial charge on any atom is -0.462 e. The van der Waals surface area contributed by atoms with Gasteiger partial charge < -0.3 is 9.30 Å². The third kappa shape index (κ3) is 3.70. The summed E-state index contributed by atoms with van der Waals surface area (Å²) in [4.78, 5) is 29.6. The van der Waals surface area contributed by atoms with Crippen LogP contribution in [0.15, 0.2) is 41.3 Å². The maximum Gasteiger partial charge on any atom is 0.343 e. The van der Waals surface area contributed by atoms with Crippen LogP contribution in [0.2, 0.25) is 0 Å². The fraction of sp³-hybridized carbons (Fsp3) is 0.348. The van der Waals surface area contributed by atoms with Gasteiger partial charge in [0.2, 0.25) is 5.43 Å². The summed E-state index contributed by atoms with van der Waals surface area (Å²) in [5.74, 6) is -0.574. The summed E-state index contributed by atoms with van der Waals surface area (Å²) >= 11 is 0. The average molecular weight is 378 g/mol. The van der Waals surface area contributed by atoms with Crippen molar-refractivity contribution in [3.05, 3.63) is 63.7 Å². The van der Waals surface area contributed by atoms with Crippen molar-refractivity contribution in [2.24, 2.45) is 0 Å². The lowest BCUT2D eigenvalue weighted by Crippen LogP contribution is -2.20. The number of nitrogens with zero attached hydrogens (tertiary/aromatic N) is 2. The summed E-state index contributed by atoms with van der Waals surface area (Å²) in [5, 5.41) is 0.525. The second-order valence-corrected chi connectivity index (χ2v) is 6.66. The lowest BCUT2D eigenvalue weighted by atomic mass is 10.0. The van der Waals surface area contributed by atoms with Gasteiger partial charge in [0.05, 0.1) is 12.1 Å². The Morgan fingerprint density at radius 3 is 2.25 bits per heavy atom. The number of aryl methyl sites for hydroxylation is 3. The molecule has 5 nitrogen and oxygen atoms in total. The third-order valence-corrected chi connectivity index (χ3v) is 4.91. The van der Waals surface area contributed by atoms with Crippen molar-refractivity contribution in [1.29, 1.82) is 0 Å². The van der Waals surface area contributed by atoms with Gasteiger partial charge in [-0.05, 0) is 62.1 Å². The number of hydrogen-bond acceptors (Lipinski definition) is 4. The van der Waals surface area contributed by atoms with Gasteiger partial charge in [0.15, 0.2) is 0 Å². The van der Waals surface area contributed by atoms with Crippen molar-refractivity contribution in [2.75, 3.05) is 6.61 Å². The van der Waals surface area contributed by atoms with Crippen molar-refractivity contribution < 1.29 is 9.53 Å². The SMILES string of the molecule is CCOC(=O)c1cn(CC)c2cc(-c3cc(CC)nc(CC)c3)ccc2c1=O. The van der Waals surface area contributed by atoms with Crippen molar-refractivity contribution in [2.45, 2.75) is 47.1 Å². The number of carbonyl (C=O) groups is 1. The quantitative estimate of drug-likeness (QED) is 0.597. The predicted octanol–water partition coefficient (Wildman–Crippen LogP) is 4.38. The monoisotopic (exact) mass is 378 g/mol. The summed E-state index contributed by atoms with van der Waals surface area (Å²) in [7, 11) is 0. The Hall–Kier alpha value is -2.95. The Balaban J connectivity index is 2.21. The minimum absolute atomic E-state index is 0.0781. The molecule has 0 fully saturated rings. The molecule has 0 radical (unpaired) electrons. The Bertz CT molecular complexity index is 1060. The Kier molecular flexibility index (Phi) is 5.93. The fourth-order valence-corrected chi connectivity index (χ4v) is 3.36. The van der Waals surface area contributed by atoms with Crippen LogP contribution in [0, 0.1) is 0 Å². The first-order valence-corrected chi connectivity index (χ1v) is 9.86. The van der Waals surface area contributed by atoms with E-state index in [2.05, 4.69) is 31.0 Å². The largest absolute Gasteiger partial charge is 0.462 e. The summed E-state index contributed by atoms with van der Waals surface area (Å²) in [6.45, 7) is 8.79. The van der Waals surface area contributed by atoms with Crippen molar-refractivity contribution in [3.63, 3.8) is 0 Å². The molecule has 1 aromatic carbocycles. The second-order valence-electron chi connectivity index (χ2n) is 6.66. The molecule has 146 valence electrons. The summed E-state index contributed by atoms with van der Waals surface area (Å²) < 4.78 is 6.97. The van der Waals surface area contributed by atoms with E-state index in [-0.39, 0.29) is 17.6 Å². The molecule has 0 N–H and O–H groups in total. The zero-order valence-corrected chi connectivity index (χ0v) is 16.9. The van der Waals surface area contributed by atoms with E-state index in [1.54, 1.807) is 19.2 Å². The lowest BCUT2D eigenvalue weighted by Gasteiger charge is -2.13. The molecule has 0 bridgehead atoms. The van der Waals surface area contributed by atoms with Crippen LogP contribution in [0.1, 0.15) is 49.4 Å². The van der Waals surface area contributed by atoms with Gasteiger partial charge in [-0.25, -0.2) is 4.79 Å². The molecule has 0 aliphatic heterocycles. The Labute approximate surface area is 165 Å². The maximum atomic E-state index is 12.8. The molecule has 3 rings (SSSR count). The number of fused-ring (bicyclic) bond motifs is 1. The van der Waals surface area contributed by atoms with Crippen molar-refractivity contribution in [1.82, 2.24) is 9.55 Å². The molecule has 0 aliphatic rings. The zero-order valence-electron chi connectivity index (χ0n) is 16.9. The van der Waals surface area contributed by atoms with Crippen LogP contribution in [0.5, 0.6) is 0 Å². The number of ether oxygens (including phenoxy) is 1. The number of pyridine rings is 2. The van der Waals surface area contributed by atoms with Crippen LogP contribution in [0.25, 0.3) is 22.0 Å². The number of aromatic nitrogens is 2. The first-order chi connectivity index (χ1) is 13.5. The van der Waals surface area contributed by atoms with Crippen molar-refractivity contribution in [3.8, 4) is 11.1 Å². The molecule has 0 spiro atoms. The molecule has 0 saturated carbocycles. The van der Waals surface area contributed by atoms with E-state index in [0.29, 0.717) is 11.9 Å². The average Bonchev–Trinajstić information content (AvgIpc) is 2.73. The van der Waals surface area contributed by atoms with Gasteiger partial charge in [-0.2, -0.15) is 0 Å². The zero-order chi connectivity index (χ0) is 20.3. The van der Waals surface area contributed by atoms with Crippen LogP contribution < -0.4 is 5.43 Å². The van der Waals surface area contributed by atoms with E-state index in [9.17, 15) is 9.59 Å². The molecule has 0 aliphatic carbocycles. The minimum atomic E-state index is -0.574. The first-order valence-electron chi connectivity index (χ1n) is 9.86. The van der Waals surface area contributed by atoms with Gasteiger partial charge in [-0.1, -0.05) is 19.9 Å². The third-order valence-electron chi connectivity index (χ3n) is 4.91. The lowest BCUT2D eigenvalue weighted by molar-refractivity contribution is 0.0524. The number of carbonyl (C=O) groups excluding carboxylic acids is 1. The molecule has 0 unspecified atom stereocenters. The van der Waals surface area contributed by atoms with Gasteiger partial charge in [0.1, 0.15) is 5.56 Å².